The van der Waals surface area contributed by atoms with Crippen molar-refractivity contribution in [2.75, 3.05) is 13.2 Å². The number of allylic oxidation sites excluding steroid dienone is 12. The second kappa shape index (κ2) is 53.5. The van der Waals surface area contributed by atoms with Gasteiger partial charge in [-0.15, -0.1) is 0 Å². The first-order chi connectivity index (χ1) is 32.0. The quantitative estimate of drug-likeness (QED) is 0.0262. The van der Waals surface area contributed by atoms with Crippen LogP contribution in [0.5, 0.6) is 0 Å². The Bertz CT molecular complexity index is 1230. The number of esters is 3. The number of carbonyl (C=O) groups excluding carboxylic acids is 3. The summed E-state index contributed by atoms with van der Waals surface area (Å²) < 4.78 is 16.8. The highest BCUT2D eigenvalue weighted by Gasteiger charge is 2.19. The van der Waals surface area contributed by atoms with Crippen LogP contribution in [0.15, 0.2) is 72.9 Å². The molecule has 374 valence electrons. The van der Waals surface area contributed by atoms with Gasteiger partial charge in [-0.1, -0.05) is 209 Å². The van der Waals surface area contributed by atoms with Crippen molar-refractivity contribution in [3.63, 3.8) is 0 Å². The number of ether oxygens (including phenoxy) is 3. The largest absolute Gasteiger partial charge is 0.462 e. The van der Waals surface area contributed by atoms with Crippen molar-refractivity contribution in [2.24, 2.45) is 0 Å². The van der Waals surface area contributed by atoms with E-state index in [4.69, 9.17) is 14.2 Å². The minimum absolute atomic E-state index is 0.0852. The summed E-state index contributed by atoms with van der Waals surface area (Å²) in [6, 6.07) is 0. The van der Waals surface area contributed by atoms with Gasteiger partial charge in [0.25, 0.3) is 0 Å². The molecule has 0 saturated heterocycles. The monoisotopic (exact) mass is 907 g/mol. The maximum atomic E-state index is 12.8. The van der Waals surface area contributed by atoms with Gasteiger partial charge in [0.2, 0.25) is 0 Å². The Morgan fingerprint density at radius 1 is 0.323 bits per heavy atom. The smallest absolute Gasteiger partial charge is 0.306 e. The Balaban J connectivity index is 4.36. The van der Waals surface area contributed by atoms with Crippen molar-refractivity contribution in [3.05, 3.63) is 72.9 Å². The summed E-state index contributed by atoms with van der Waals surface area (Å²) in [6.45, 7) is 6.48. The van der Waals surface area contributed by atoms with Gasteiger partial charge in [0.15, 0.2) is 6.10 Å². The first kappa shape index (κ1) is 61.9. The maximum Gasteiger partial charge on any atom is 0.306 e. The summed E-state index contributed by atoms with van der Waals surface area (Å²) in [4.78, 5) is 38.0. The fourth-order valence-electron chi connectivity index (χ4n) is 7.54. The molecule has 0 radical (unpaired) electrons. The van der Waals surface area contributed by atoms with Crippen LogP contribution in [0.4, 0.5) is 0 Å². The highest BCUT2D eigenvalue weighted by molar-refractivity contribution is 5.71. The zero-order valence-corrected chi connectivity index (χ0v) is 42.7. The zero-order chi connectivity index (χ0) is 47.2. The molecule has 6 heteroatoms. The fraction of sp³-hybridized carbons (Fsp3) is 0.746. The number of unbranched alkanes of at least 4 members (excludes halogenated alkanes) is 26. The zero-order valence-electron chi connectivity index (χ0n) is 42.7. The van der Waals surface area contributed by atoms with Gasteiger partial charge in [0.05, 0.1) is 0 Å². The van der Waals surface area contributed by atoms with Crippen LogP contribution in [-0.2, 0) is 28.6 Å². The van der Waals surface area contributed by atoms with Gasteiger partial charge in [-0.25, -0.2) is 0 Å². The minimum Gasteiger partial charge on any atom is -0.462 e. The van der Waals surface area contributed by atoms with Crippen LogP contribution in [0.2, 0.25) is 0 Å². The molecule has 0 amide bonds. The van der Waals surface area contributed by atoms with E-state index in [2.05, 4.69) is 93.7 Å². The van der Waals surface area contributed by atoms with Gasteiger partial charge >= 0.3 is 17.9 Å². The number of carbonyl (C=O) groups is 3. The van der Waals surface area contributed by atoms with E-state index in [1.54, 1.807) is 0 Å². The van der Waals surface area contributed by atoms with E-state index in [0.717, 1.165) is 109 Å². The lowest BCUT2D eigenvalue weighted by molar-refractivity contribution is -0.167. The van der Waals surface area contributed by atoms with Crippen molar-refractivity contribution < 1.29 is 28.6 Å². The third-order valence-electron chi connectivity index (χ3n) is 11.7. The van der Waals surface area contributed by atoms with E-state index in [-0.39, 0.29) is 31.1 Å². The molecule has 0 aromatic carbocycles. The van der Waals surface area contributed by atoms with E-state index < -0.39 is 6.10 Å². The molecule has 0 spiro atoms. The highest BCUT2D eigenvalue weighted by Crippen LogP contribution is 2.14. The van der Waals surface area contributed by atoms with Crippen molar-refractivity contribution in [1.82, 2.24) is 0 Å². The molecule has 0 rings (SSSR count). The lowest BCUT2D eigenvalue weighted by Crippen LogP contribution is -2.30. The Hall–Kier alpha value is -3.15. The standard InChI is InChI=1S/C59H102O6/c1-4-7-10-13-16-19-22-25-27-28-29-30-31-32-33-35-37-40-43-46-49-52-58(61)64-55-56(54-63-57(60)51-48-45-42-39-36-24-21-18-15-12-9-6-3)65-59(62)53-50-47-44-41-38-34-26-23-20-17-14-11-8-5-2/h7,10,16,18-19,21,23,25-27,29-30,56H,4-6,8-9,11-15,17,20,22,24,28,31-55H2,1-3H3/b10-7-,19-16-,21-18-,26-23-,27-25-,30-29-. The second-order valence-corrected chi connectivity index (χ2v) is 18.1. The normalized spacial score (nSPS) is 12.6. The summed E-state index contributed by atoms with van der Waals surface area (Å²) in [5.74, 6) is -0.906. The van der Waals surface area contributed by atoms with Crippen LogP contribution in [0, 0.1) is 0 Å². The molecule has 0 bridgehead atoms. The summed E-state index contributed by atoms with van der Waals surface area (Å²) in [5, 5.41) is 0. The van der Waals surface area contributed by atoms with Gasteiger partial charge in [-0.2, -0.15) is 0 Å². The van der Waals surface area contributed by atoms with E-state index in [0.29, 0.717) is 19.3 Å². The number of hydrogen-bond donors (Lipinski definition) is 0. The van der Waals surface area contributed by atoms with Gasteiger partial charge in [0, 0.05) is 19.3 Å². The fourth-order valence-corrected chi connectivity index (χ4v) is 7.54. The Kier molecular flexibility index (Phi) is 50.9. The average Bonchev–Trinajstić information content (AvgIpc) is 3.30. The minimum atomic E-state index is -0.785. The summed E-state index contributed by atoms with van der Waals surface area (Å²) in [6.07, 6.45) is 67.4. The number of hydrogen-bond acceptors (Lipinski definition) is 6. The molecule has 0 aliphatic rings. The highest BCUT2D eigenvalue weighted by atomic mass is 16.6. The molecule has 65 heavy (non-hydrogen) atoms. The van der Waals surface area contributed by atoms with E-state index >= 15 is 0 Å². The van der Waals surface area contributed by atoms with Crippen LogP contribution in [0.25, 0.3) is 0 Å². The number of rotatable bonds is 49. The molecule has 0 aromatic heterocycles. The SMILES string of the molecule is CC/C=C\C/C=C\C/C=C\C/C=C\CCCCCCCCCCC(=O)OCC(COC(=O)CCCCCCC/C=C\CCCCC)OC(=O)CCCCCCC/C=C\CCCCCCC. The van der Waals surface area contributed by atoms with E-state index in [9.17, 15) is 14.4 Å². The van der Waals surface area contributed by atoms with Gasteiger partial charge < -0.3 is 14.2 Å². The molecule has 0 N–H and O–H groups in total. The van der Waals surface area contributed by atoms with Crippen molar-refractivity contribution >= 4 is 17.9 Å². The third-order valence-corrected chi connectivity index (χ3v) is 11.7. The first-order valence-electron chi connectivity index (χ1n) is 27.4. The summed E-state index contributed by atoms with van der Waals surface area (Å²) in [5.41, 5.74) is 0. The molecule has 0 fully saturated rings. The predicted molar refractivity (Wildman–Crippen MR) is 279 cm³/mol. The van der Waals surface area contributed by atoms with Crippen molar-refractivity contribution in [2.45, 2.75) is 271 Å². The molecule has 0 aromatic rings. The third kappa shape index (κ3) is 51.7. The predicted octanol–water partition coefficient (Wildman–Crippen LogP) is 18.2. The molecular weight excluding hydrogens is 805 g/mol. The molecule has 6 nitrogen and oxygen atoms in total. The van der Waals surface area contributed by atoms with Crippen LogP contribution < -0.4 is 0 Å². The lowest BCUT2D eigenvalue weighted by atomic mass is 10.1. The van der Waals surface area contributed by atoms with E-state index in [1.807, 2.05) is 0 Å². The van der Waals surface area contributed by atoms with Crippen LogP contribution in [0.3, 0.4) is 0 Å². The lowest BCUT2D eigenvalue weighted by Gasteiger charge is -2.18. The van der Waals surface area contributed by atoms with Crippen LogP contribution >= 0.6 is 0 Å². The molecule has 1 unspecified atom stereocenters. The molecule has 0 heterocycles. The van der Waals surface area contributed by atoms with Crippen LogP contribution in [-0.4, -0.2) is 37.2 Å². The van der Waals surface area contributed by atoms with Gasteiger partial charge in [-0.3, -0.25) is 14.4 Å². The van der Waals surface area contributed by atoms with Crippen molar-refractivity contribution in [3.8, 4) is 0 Å². The molecule has 0 aliphatic carbocycles. The maximum absolute atomic E-state index is 12.8. The van der Waals surface area contributed by atoms with Gasteiger partial charge in [-0.05, 0) is 109 Å². The van der Waals surface area contributed by atoms with Crippen molar-refractivity contribution in [1.29, 1.82) is 0 Å². The molecular formula is C59H102O6. The molecule has 0 aliphatic heterocycles. The first-order valence-corrected chi connectivity index (χ1v) is 27.4. The Morgan fingerprint density at radius 3 is 0.985 bits per heavy atom. The van der Waals surface area contributed by atoms with Crippen LogP contribution in [0.1, 0.15) is 265 Å². The van der Waals surface area contributed by atoms with Gasteiger partial charge in [0.1, 0.15) is 13.2 Å². The molecule has 1 atom stereocenters. The average molecular weight is 907 g/mol. The molecule has 0 saturated carbocycles. The van der Waals surface area contributed by atoms with E-state index in [1.165, 1.54) is 116 Å². The Morgan fingerprint density at radius 2 is 0.600 bits per heavy atom. The summed E-state index contributed by atoms with van der Waals surface area (Å²) in [7, 11) is 0. The Labute approximate surface area is 402 Å². The summed E-state index contributed by atoms with van der Waals surface area (Å²) >= 11 is 0. The topological polar surface area (TPSA) is 78.9 Å². The second-order valence-electron chi connectivity index (χ2n) is 18.1.